The number of nitrogens with one attached hydrogen (secondary N) is 1. The number of hydrogen-bond acceptors (Lipinski definition) is 4. The third-order valence-electron chi connectivity index (χ3n) is 2.37. The second kappa shape index (κ2) is 7.04. The van der Waals surface area contributed by atoms with Crippen molar-refractivity contribution >= 4 is 22.4 Å². The van der Waals surface area contributed by atoms with E-state index in [1.54, 1.807) is 0 Å². The summed E-state index contributed by atoms with van der Waals surface area (Å²) in [6.45, 7) is 0.133. The zero-order chi connectivity index (χ0) is 15.3. The molecule has 1 amide bonds. The molecule has 0 aliphatic rings. The zero-order valence-electron chi connectivity index (χ0n) is 10.5. The number of carbonyl (C=O) groups excluding carboxylic acids is 1. The molecule has 0 aromatic heterocycles. The second-order valence-corrected chi connectivity index (χ2v) is 5.48. The van der Waals surface area contributed by atoms with Crippen molar-refractivity contribution in [3.8, 4) is 0 Å². The summed E-state index contributed by atoms with van der Waals surface area (Å²) in [5.74, 6) is -3.25. The van der Waals surface area contributed by atoms with E-state index in [9.17, 15) is 27.9 Å². The third-order valence-corrected chi connectivity index (χ3v) is 3.24. The number of benzene rings is 1. The highest BCUT2D eigenvalue weighted by Gasteiger charge is 2.23. The molecule has 0 saturated heterocycles. The molecule has 0 radical (unpaired) electrons. The average Bonchev–Trinajstić information content (AvgIpc) is 2.36. The minimum atomic E-state index is -1.39. The normalized spacial score (nSPS) is 11.9. The predicted molar refractivity (Wildman–Crippen MR) is 68.9 cm³/mol. The van der Waals surface area contributed by atoms with E-state index in [4.69, 9.17) is 0 Å². The van der Waals surface area contributed by atoms with Crippen LogP contribution in [-0.4, -0.2) is 33.6 Å². The number of halogens is 2. The Bertz CT molecular complexity index is 566. The first kappa shape index (κ1) is 16.2. The molecule has 1 rings (SSSR count). The van der Waals surface area contributed by atoms with Crippen molar-refractivity contribution < 1.29 is 22.7 Å². The van der Waals surface area contributed by atoms with Crippen LogP contribution in [0.3, 0.4) is 0 Å². The van der Waals surface area contributed by atoms with E-state index in [-0.39, 0.29) is 6.54 Å². The topological polar surface area (TPSA) is 89.3 Å². The number of nitro groups is 1. The molecule has 0 aliphatic carbocycles. The van der Waals surface area contributed by atoms with Gasteiger partial charge in [-0.2, -0.15) is 0 Å². The largest absolute Gasteiger partial charge is 0.352 e. The number of nitro benzene ring substituents is 1. The van der Waals surface area contributed by atoms with Gasteiger partial charge in [0, 0.05) is 29.4 Å². The average molecular weight is 306 g/mol. The molecule has 20 heavy (non-hydrogen) atoms. The molecule has 0 saturated carbocycles. The maximum atomic E-state index is 13.1. The van der Waals surface area contributed by atoms with Gasteiger partial charge in [-0.05, 0) is 12.5 Å². The van der Waals surface area contributed by atoms with Crippen molar-refractivity contribution in [3.63, 3.8) is 0 Å². The van der Waals surface area contributed by atoms with Crippen LogP contribution in [0.2, 0.25) is 0 Å². The Kier molecular flexibility index (Phi) is 5.68. The first-order valence-corrected chi connectivity index (χ1v) is 7.27. The molecule has 0 spiro atoms. The van der Waals surface area contributed by atoms with Gasteiger partial charge in [-0.3, -0.25) is 19.1 Å². The fourth-order valence-electron chi connectivity index (χ4n) is 1.44. The van der Waals surface area contributed by atoms with E-state index < -0.39 is 44.5 Å². The van der Waals surface area contributed by atoms with Crippen molar-refractivity contribution in [1.29, 1.82) is 0 Å². The molecule has 1 aromatic rings. The molecular formula is C11H12F2N2O4S. The summed E-state index contributed by atoms with van der Waals surface area (Å²) in [5.41, 5.74) is -1.35. The summed E-state index contributed by atoms with van der Waals surface area (Å²) in [4.78, 5) is 21.4. The van der Waals surface area contributed by atoms with Gasteiger partial charge in [-0.25, -0.2) is 8.78 Å². The number of rotatable bonds is 6. The number of carbonyl (C=O) groups is 1. The van der Waals surface area contributed by atoms with Crippen LogP contribution in [0.15, 0.2) is 12.1 Å². The molecule has 1 unspecified atom stereocenters. The summed E-state index contributed by atoms with van der Waals surface area (Å²) < 4.78 is 36.8. The molecule has 9 heteroatoms. The van der Waals surface area contributed by atoms with Gasteiger partial charge in [0.15, 0.2) is 11.6 Å². The van der Waals surface area contributed by atoms with Crippen LogP contribution in [0.4, 0.5) is 14.5 Å². The molecule has 110 valence electrons. The van der Waals surface area contributed by atoms with E-state index >= 15 is 0 Å². The smallest absolute Gasteiger partial charge is 0.285 e. The monoisotopic (exact) mass is 306 g/mol. The molecule has 0 aliphatic heterocycles. The summed E-state index contributed by atoms with van der Waals surface area (Å²) in [6, 6.07) is 0.853. The van der Waals surface area contributed by atoms with E-state index in [0.717, 1.165) is 0 Å². The van der Waals surface area contributed by atoms with E-state index in [1.807, 2.05) is 0 Å². The summed E-state index contributed by atoms with van der Waals surface area (Å²) in [5, 5.41) is 13.0. The highest BCUT2D eigenvalue weighted by Crippen LogP contribution is 2.22. The van der Waals surface area contributed by atoms with Gasteiger partial charge in [0.25, 0.3) is 11.6 Å². The standard InChI is InChI=1S/C11H12F2N2O4S/c1-20(19)4-2-3-14-11(16)7-5-8(12)9(13)6-10(7)15(17)18/h5-6H,2-4H2,1H3,(H,14,16). The van der Waals surface area contributed by atoms with Crippen molar-refractivity contribution in [2.75, 3.05) is 18.6 Å². The first-order valence-electron chi connectivity index (χ1n) is 5.54. The molecule has 1 atom stereocenters. The molecule has 1 aromatic carbocycles. The Morgan fingerprint density at radius 2 is 2.00 bits per heavy atom. The van der Waals surface area contributed by atoms with Gasteiger partial charge in [-0.15, -0.1) is 0 Å². The van der Waals surface area contributed by atoms with Crippen molar-refractivity contribution in [2.24, 2.45) is 0 Å². The number of amides is 1. The maximum Gasteiger partial charge on any atom is 0.285 e. The van der Waals surface area contributed by atoms with Crippen LogP contribution < -0.4 is 5.32 Å². The lowest BCUT2D eigenvalue weighted by molar-refractivity contribution is -0.385. The van der Waals surface area contributed by atoms with Crippen LogP contribution >= 0.6 is 0 Å². The number of nitrogens with zero attached hydrogens (tertiary/aromatic N) is 1. The first-order chi connectivity index (χ1) is 9.32. The van der Waals surface area contributed by atoms with Crippen LogP contribution in [0.5, 0.6) is 0 Å². The van der Waals surface area contributed by atoms with Crippen LogP contribution in [0.1, 0.15) is 16.8 Å². The Morgan fingerprint density at radius 3 is 2.55 bits per heavy atom. The molecule has 0 bridgehead atoms. The molecule has 0 heterocycles. The van der Waals surface area contributed by atoms with Gasteiger partial charge < -0.3 is 5.32 Å². The van der Waals surface area contributed by atoms with Gasteiger partial charge in [0.1, 0.15) is 5.56 Å². The molecular weight excluding hydrogens is 294 g/mol. The summed E-state index contributed by atoms with van der Waals surface area (Å²) >= 11 is 0. The minimum Gasteiger partial charge on any atom is -0.352 e. The Labute approximate surface area is 115 Å². The van der Waals surface area contributed by atoms with Gasteiger partial charge in [0.05, 0.1) is 11.0 Å². The second-order valence-electron chi connectivity index (χ2n) is 3.93. The quantitative estimate of drug-likeness (QED) is 0.488. The predicted octanol–water partition coefficient (Wildman–Crippen LogP) is 1.37. The van der Waals surface area contributed by atoms with Crippen molar-refractivity contribution in [2.45, 2.75) is 6.42 Å². The summed E-state index contributed by atoms with van der Waals surface area (Å²) in [6.07, 6.45) is 1.91. The SMILES string of the molecule is CS(=O)CCCNC(=O)c1cc(F)c(F)cc1[N+](=O)[O-]. The lowest BCUT2D eigenvalue weighted by Crippen LogP contribution is -2.26. The Morgan fingerprint density at radius 1 is 1.40 bits per heavy atom. The zero-order valence-corrected chi connectivity index (χ0v) is 11.3. The maximum absolute atomic E-state index is 13.1. The van der Waals surface area contributed by atoms with Crippen LogP contribution in [0.25, 0.3) is 0 Å². The van der Waals surface area contributed by atoms with Crippen molar-refractivity contribution in [3.05, 3.63) is 39.4 Å². The highest BCUT2D eigenvalue weighted by atomic mass is 32.2. The molecule has 6 nitrogen and oxygen atoms in total. The van der Waals surface area contributed by atoms with Crippen LogP contribution in [0, 0.1) is 21.7 Å². The minimum absolute atomic E-state index is 0.133. The third kappa shape index (κ3) is 4.34. The Balaban J connectivity index is 2.84. The fourth-order valence-corrected chi connectivity index (χ4v) is 1.99. The Hall–Kier alpha value is -1.90. The van der Waals surface area contributed by atoms with Gasteiger partial charge in [0.2, 0.25) is 0 Å². The van der Waals surface area contributed by atoms with Crippen LogP contribution in [-0.2, 0) is 10.8 Å². The molecule has 0 fully saturated rings. The van der Waals surface area contributed by atoms with Gasteiger partial charge >= 0.3 is 0 Å². The number of hydrogen-bond donors (Lipinski definition) is 1. The highest BCUT2D eigenvalue weighted by molar-refractivity contribution is 7.84. The van der Waals surface area contributed by atoms with Gasteiger partial charge in [-0.1, -0.05) is 0 Å². The summed E-state index contributed by atoms with van der Waals surface area (Å²) in [7, 11) is -1.01. The van der Waals surface area contributed by atoms with Crippen molar-refractivity contribution in [1.82, 2.24) is 5.32 Å². The van der Waals surface area contributed by atoms with E-state index in [1.165, 1.54) is 6.26 Å². The lowest BCUT2D eigenvalue weighted by Gasteiger charge is -2.06. The fraction of sp³-hybridized carbons (Fsp3) is 0.364. The van der Waals surface area contributed by atoms with E-state index in [0.29, 0.717) is 24.3 Å². The van der Waals surface area contributed by atoms with E-state index in [2.05, 4.69) is 5.32 Å². The lowest BCUT2D eigenvalue weighted by atomic mass is 10.1. The molecule has 1 N–H and O–H groups in total.